The van der Waals surface area contributed by atoms with Crippen molar-refractivity contribution in [2.24, 2.45) is 0 Å². The van der Waals surface area contributed by atoms with E-state index in [1.54, 1.807) is 18.2 Å². The van der Waals surface area contributed by atoms with E-state index < -0.39 is 17.6 Å². The monoisotopic (exact) mass is 395 g/mol. The van der Waals surface area contributed by atoms with E-state index in [1.807, 2.05) is 0 Å². The largest absolute Gasteiger partial charge is 0.497 e. The predicted octanol–water partition coefficient (Wildman–Crippen LogP) is 3.74. The molecular formula is C21H18FN3O4. The lowest BCUT2D eigenvalue weighted by Crippen LogP contribution is -2.17. The topological polar surface area (TPSA) is 89.5 Å². The average Bonchev–Trinajstić information content (AvgIpc) is 2.75. The second-order valence-electron chi connectivity index (χ2n) is 5.91. The average molecular weight is 395 g/mol. The molecule has 0 saturated carbocycles. The van der Waals surface area contributed by atoms with Crippen molar-refractivity contribution in [3.05, 3.63) is 77.9 Å². The normalized spacial score (nSPS) is 10.2. The molecule has 0 fully saturated rings. The Balaban J connectivity index is 1.75. The highest BCUT2D eigenvalue weighted by Gasteiger charge is 2.14. The third kappa shape index (κ3) is 4.86. The van der Waals surface area contributed by atoms with Crippen molar-refractivity contribution in [3.8, 4) is 11.5 Å². The van der Waals surface area contributed by atoms with Crippen LogP contribution in [0.2, 0.25) is 0 Å². The fourth-order valence-electron chi connectivity index (χ4n) is 2.52. The lowest BCUT2D eigenvalue weighted by Gasteiger charge is -2.12. The van der Waals surface area contributed by atoms with E-state index in [4.69, 9.17) is 9.47 Å². The molecule has 1 aromatic heterocycles. The van der Waals surface area contributed by atoms with Gasteiger partial charge in [-0.2, -0.15) is 0 Å². The molecule has 0 aliphatic heterocycles. The molecule has 2 aromatic carbocycles. The Morgan fingerprint density at radius 1 is 0.897 bits per heavy atom. The maximum absolute atomic E-state index is 13.0. The Bertz CT molecular complexity index is 1040. The van der Waals surface area contributed by atoms with Gasteiger partial charge < -0.3 is 20.1 Å². The van der Waals surface area contributed by atoms with E-state index in [0.29, 0.717) is 22.9 Å². The summed E-state index contributed by atoms with van der Waals surface area (Å²) in [5.41, 5.74) is 1.15. The Morgan fingerprint density at radius 3 is 2.34 bits per heavy atom. The van der Waals surface area contributed by atoms with E-state index >= 15 is 0 Å². The third-order valence-electron chi connectivity index (χ3n) is 4.01. The number of aromatic nitrogens is 1. The minimum Gasteiger partial charge on any atom is -0.497 e. The number of nitrogens with zero attached hydrogens (tertiary/aromatic N) is 1. The van der Waals surface area contributed by atoms with E-state index in [9.17, 15) is 14.0 Å². The quantitative estimate of drug-likeness (QED) is 0.664. The van der Waals surface area contributed by atoms with Crippen LogP contribution in [0.15, 0.2) is 60.8 Å². The zero-order chi connectivity index (χ0) is 20.8. The lowest BCUT2D eigenvalue weighted by atomic mass is 10.2. The molecule has 3 aromatic rings. The molecule has 3 rings (SSSR count). The van der Waals surface area contributed by atoms with Crippen LogP contribution in [0.4, 0.5) is 15.8 Å². The number of rotatable bonds is 6. The lowest BCUT2D eigenvalue weighted by molar-refractivity contribution is 0.102. The number of ether oxygens (including phenoxy) is 2. The molecule has 0 radical (unpaired) electrons. The predicted molar refractivity (Wildman–Crippen MR) is 106 cm³/mol. The number of methoxy groups -OCH3 is 2. The highest BCUT2D eigenvalue weighted by Crippen LogP contribution is 2.29. The number of carbonyl (C=O) groups excluding carboxylic acids is 2. The van der Waals surface area contributed by atoms with Crippen LogP contribution >= 0.6 is 0 Å². The molecule has 0 atom stereocenters. The van der Waals surface area contributed by atoms with Crippen LogP contribution in [-0.2, 0) is 0 Å². The molecule has 29 heavy (non-hydrogen) atoms. The number of pyridine rings is 1. The van der Waals surface area contributed by atoms with Crippen LogP contribution in [-0.4, -0.2) is 31.0 Å². The summed E-state index contributed by atoms with van der Waals surface area (Å²) < 4.78 is 23.4. The molecule has 2 N–H and O–H groups in total. The second-order valence-corrected chi connectivity index (χ2v) is 5.91. The van der Waals surface area contributed by atoms with Gasteiger partial charge >= 0.3 is 0 Å². The first-order valence-corrected chi connectivity index (χ1v) is 8.56. The summed E-state index contributed by atoms with van der Waals surface area (Å²) in [7, 11) is 3.01. The number of nitrogens with one attached hydrogen (secondary N) is 2. The summed E-state index contributed by atoms with van der Waals surface area (Å²) >= 11 is 0. The SMILES string of the molecule is COc1ccc(NC(=O)c2ccnc(C(=O)Nc3ccc(F)cc3)c2)c(OC)c1. The van der Waals surface area contributed by atoms with Crippen LogP contribution in [0.1, 0.15) is 20.8 Å². The van der Waals surface area contributed by atoms with Crippen molar-refractivity contribution in [1.29, 1.82) is 0 Å². The minimum absolute atomic E-state index is 0.0451. The van der Waals surface area contributed by atoms with E-state index in [0.717, 1.165) is 0 Å². The molecule has 1 heterocycles. The fourth-order valence-corrected chi connectivity index (χ4v) is 2.52. The molecule has 7 nitrogen and oxygen atoms in total. The van der Waals surface area contributed by atoms with Crippen molar-refractivity contribution < 1.29 is 23.5 Å². The molecule has 0 aliphatic carbocycles. The Labute approximate surface area is 166 Å². The number of carbonyl (C=O) groups is 2. The molecule has 0 unspecified atom stereocenters. The smallest absolute Gasteiger partial charge is 0.274 e. The van der Waals surface area contributed by atoms with Crippen molar-refractivity contribution >= 4 is 23.2 Å². The standard InChI is InChI=1S/C21H18FN3O4/c1-28-16-7-8-17(19(12-16)29-2)25-20(26)13-9-10-23-18(11-13)21(27)24-15-5-3-14(22)4-6-15/h3-12H,1-2H3,(H,24,27)(H,25,26). The van der Waals surface area contributed by atoms with Gasteiger partial charge in [0.05, 0.1) is 19.9 Å². The third-order valence-corrected chi connectivity index (χ3v) is 4.01. The van der Waals surface area contributed by atoms with Crippen molar-refractivity contribution in [2.75, 3.05) is 24.9 Å². The zero-order valence-electron chi connectivity index (χ0n) is 15.7. The van der Waals surface area contributed by atoms with Crippen LogP contribution in [0.3, 0.4) is 0 Å². The maximum atomic E-state index is 13.0. The summed E-state index contributed by atoms with van der Waals surface area (Å²) in [6.45, 7) is 0. The van der Waals surface area contributed by atoms with Crippen LogP contribution in [0.25, 0.3) is 0 Å². The highest BCUT2D eigenvalue weighted by molar-refractivity contribution is 6.08. The molecule has 0 saturated heterocycles. The number of amides is 2. The van der Waals surface area contributed by atoms with Gasteiger partial charge in [0.2, 0.25) is 0 Å². The van der Waals surface area contributed by atoms with E-state index in [2.05, 4.69) is 15.6 Å². The van der Waals surface area contributed by atoms with Gasteiger partial charge in [-0.3, -0.25) is 14.6 Å². The van der Waals surface area contributed by atoms with Gasteiger partial charge in [0.25, 0.3) is 11.8 Å². The summed E-state index contributed by atoms with van der Waals surface area (Å²) in [5.74, 6) is -0.349. The number of anilines is 2. The summed E-state index contributed by atoms with van der Waals surface area (Å²) in [6, 6.07) is 13.2. The number of benzene rings is 2. The van der Waals surface area contributed by atoms with E-state index in [1.165, 1.54) is 56.8 Å². The summed E-state index contributed by atoms with van der Waals surface area (Å²) in [4.78, 5) is 29.0. The zero-order valence-corrected chi connectivity index (χ0v) is 15.7. The van der Waals surface area contributed by atoms with Crippen molar-refractivity contribution in [1.82, 2.24) is 4.98 Å². The van der Waals surface area contributed by atoms with Gasteiger partial charge in [0.1, 0.15) is 23.0 Å². The first kappa shape index (κ1) is 19.8. The van der Waals surface area contributed by atoms with Crippen molar-refractivity contribution in [3.63, 3.8) is 0 Å². The van der Waals surface area contributed by atoms with Gasteiger partial charge in [0, 0.05) is 23.5 Å². The van der Waals surface area contributed by atoms with Gasteiger partial charge in [-0.1, -0.05) is 0 Å². The van der Waals surface area contributed by atoms with Crippen LogP contribution in [0, 0.1) is 5.82 Å². The van der Waals surface area contributed by atoms with Gasteiger partial charge in [-0.25, -0.2) is 4.39 Å². The molecule has 2 amide bonds. The first-order chi connectivity index (χ1) is 14.0. The van der Waals surface area contributed by atoms with Gasteiger partial charge in [0.15, 0.2) is 0 Å². The Morgan fingerprint density at radius 2 is 1.66 bits per heavy atom. The molecule has 148 valence electrons. The molecular weight excluding hydrogens is 377 g/mol. The Kier molecular flexibility index (Phi) is 6.03. The van der Waals surface area contributed by atoms with Gasteiger partial charge in [-0.15, -0.1) is 0 Å². The fraction of sp³-hybridized carbons (Fsp3) is 0.0952. The Hall–Kier alpha value is -3.94. The van der Waals surface area contributed by atoms with E-state index in [-0.39, 0.29) is 11.3 Å². The molecule has 0 spiro atoms. The summed E-state index contributed by atoms with van der Waals surface area (Å²) in [5, 5.41) is 5.33. The molecule has 0 aliphatic rings. The number of hydrogen-bond donors (Lipinski definition) is 2. The molecule has 0 bridgehead atoms. The number of hydrogen-bond acceptors (Lipinski definition) is 5. The number of halogens is 1. The second kappa shape index (κ2) is 8.83. The summed E-state index contributed by atoms with van der Waals surface area (Å²) in [6.07, 6.45) is 1.36. The first-order valence-electron chi connectivity index (χ1n) is 8.56. The van der Waals surface area contributed by atoms with Crippen LogP contribution < -0.4 is 20.1 Å². The maximum Gasteiger partial charge on any atom is 0.274 e. The van der Waals surface area contributed by atoms with Gasteiger partial charge in [-0.05, 0) is 48.5 Å². The minimum atomic E-state index is -0.520. The highest BCUT2D eigenvalue weighted by atomic mass is 19.1. The van der Waals surface area contributed by atoms with Crippen molar-refractivity contribution in [2.45, 2.75) is 0 Å². The molecule has 8 heteroatoms. The van der Waals surface area contributed by atoms with Crippen LogP contribution in [0.5, 0.6) is 11.5 Å².